The van der Waals surface area contributed by atoms with Crippen molar-refractivity contribution in [1.29, 1.82) is 0 Å². The average Bonchev–Trinajstić information content (AvgIpc) is 2.53. The molecule has 0 radical (unpaired) electrons. The maximum atomic E-state index is 12.1. The van der Waals surface area contributed by atoms with Crippen molar-refractivity contribution in [1.82, 2.24) is 0 Å². The fourth-order valence-corrected chi connectivity index (χ4v) is 3.02. The third-order valence-electron chi connectivity index (χ3n) is 4.88. The molecule has 2 nitrogen and oxygen atoms in total. The van der Waals surface area contributed by atoms with E-state index in [1.807, 2.05) is 0 Å². The molecular formula is C16H22O2. The Morgan fingerprint density at radius 2 is 1.89 bits per heavy atom. The molecule has 0 N–H and O–H groups in total. The highest BCUT2D eigenvalue weighted by atomic mass is 16.5. The molecule has 98 valence electrons. The molecule has 0 heterocycles. The number of benzene rings is 1. The number of carbonyl (C=O) groups is 1. The molecule has 1 aliphatic carbocycles. The summed E-state index contributed by atoms with van der Waals surface area (Å²) in [6.45, 7) is 8.36. The lowest BCUT2D eigenvalue weighted by atomic mass is 9.64. The molecule has 0 bridgehead atoms. The Bertz CT molecular complexity index is 488. The van der Waals surface area contributed by atoms with Gasteiger partial charge in [0.05, 0.1) is 7.11 Å². The minimum atomic E-state index is -0.324. The first-order valence-corrected chi connectivity index (χ1v) is 6.51. The van der Waals surface area contributed by atoms with Crippen LogP contribution in [0, 0.1) is 12.3 Å². The second-order valence-electron chi connectivity index (χ2n) is 6.08. The van der Waals surface area contributed by atoms with Gasteiger partial charge in [-0.25, -0.2) is 0 Å². The van der Waals surface area contributed by atoms with E-state index in [0.717, 1.165) is 17.7 Å². The lowest BCUT2D eigenvalue weighted by Gasteiger charge is -2.38. The molecule has 1 saturated carbocycles. The summed E-state index contributed by atoms with van der Waals surface area (Å²) in [7, 11) is 1.70. The van der Waals surface area contributed by atoms with Gasteiger partial charge in [-0.1, -0.05) is 32.9 Å². The van der Waals surface area contributed by atoms with Crippen LogP contribution in [0.2, 0.25) is 0 Å². The zero-order chi connectivity index (χ0) is 13.6. The number of rotatable bonds is 2. The monoisotopic (exact) mass is 246 g/mol. The molecule has 0 spiro atoms. The highest BCUT2D eigenvalue weighted by molar-refractivity contribution is 5.89. The summed E-state index contributed by atoms with van der Waals surface area (Å²) in [5.41, 5.74) is 1.88. The van der Waals surface area contributed by atoms with E-state index in [0.29, 0.717) is 12.2 Å². The molecule has 1 aromatic carbocycles. The van der Waals surface area contributed by atoms with Gasteiger partial charge >= 0.3 is 0 Å². The quantitative estimate of drug-likeness (QED) is 0.796. The highest BCUT2D eigenvalue weighted by Crippen LogP contribution is 2.53. The molecule has 0 aromatic heterocycles. The topological polar surface area (TPSA) is 26.3 Å². The fraction of sp³-hybridized carbons (Fsp3) is 0.562. The van der Waals surface area contributed by atoms with Gasteiger partial charge in [-0.15, -0.1) is 0 Å². The second kappa shape index (κ2) is 4.11. The van der Waals surface area contributed by atoms with Gasteiger partial charge in [-0.3, -0.25) is 4.79 Å². The van der Waals surface area contributed by atoms with Gasteiger partial charge in [0.2, 0.25) is 0 Å². The van der Waals surface area contributed by atoms with Gasteiger partial charge < -0.3 is 4.74 Å². The van der Waals surface area contributed by atoms with Crippen LogP contribution < -0.4 is 4.74 Å². The van der Waals surface area contributed by atoms with E-state index in [-0.39, 0.29) is 10.8 Å². The Morgan fingerprint density at radius 1 is 1.22 bits per heavy atom. The number of aryl methyl sites for hydroxylation is 1. The summed E-state index contributed by atoms with van der Waals surface area (Å²) in [6.07, 6.45) is 1.57. The molecule has 1 aliphatic rings. The summed E-state index contributed by atoms with van der Waals surface area (Å²) in [6, 6.07) is 6.27. The SMILES string of the molecule is COc1cc(C)ccc1C1(C)CCC(=O)C1(C)C. The van der Waals surface area contributed by atoms with E-state index in [2.05, 4.69) is 45.9 Å². The number of carbonyl (C=O) groups excluding carboxylic acids is 1. The maximum absolute atomic E-state index is 12.1. The normalized spacial score (nSPS) is 26.4. The molecule has 2 rings (SSSR count). The molecule has 1 fully saturated rings. The Balaban J connectivity index is 2.58. The predicted molar refractivity (Wildman–Crippen MR) is 73.1 cm³/mol. The van der Waals surface area contributed by atoms with Crippen LogP contribution in [0.25, 0.3) is 0 Å². The van der Waals surface area contributed by atoms with Gasteiger partial charge in [0, 0.05) is 22.8 Å². The van der Waals surface area contributed by atoms with Gasteiger partial charge in [0.1, 0.15) is 11.5 Å². The number of ether oxygens (including phenoxy) is 1. The molecule has 2 heteroatoms. The van der Waals surface area contributed by atoms with Crippen molar-refractivity contribution in [2.75, 3.05) is 7.11 Å². The van der Waals surface area contributed by atoms with Crippen molar-refractivity contribution >= 4 is 5.78 Å². The van der Waals surface area contributed by atoms with Crippen molar-refractivity contribution in [3.05, 3.63) is 29.3 Å². The first-order chi connectivity index (χ1) is 8.33. The molecular weight excluding hydrogens is 224 g/mol. The van der Waals surface area contributed by atoms with Crippen molar-refractivity contribution in [2.45, 2.75) is 46.0 Å². The van der Waals surface area contributed by atoms with E-state index >= 15 is 0 Å². The van der Waals surface area contributed by atoms with Gasteiger partial charge in [0.25, 0.3) is 0 Å². The molecule has 0 aliphatic heterocycles. The third kappa shape index (κ3) is 1.66. The van der Waals surface area contributed by atoms with Crippen molar-refractivity contribution < 1.29 is 9.53 Å². The number of ketones is 1. The smallest absolute Gasteiger partial charge is 0.139 e. The lowest BCUT2D eigenvalue weighted by Crippen LogP contribution is -2.38. The summed E-state index contributed by atoms with van der Waals surface area (Å²) in [4.78, 5) is 12.1. The number of hydrogen-bond acceptors (Lipinski definition) is 2. The minimum absolute atomic E-state index is 0.136. The van der Waals surface area contributed by atoms with Crippen LogP contribution in [0.5, 0.6) is 5.75 Å². The van der Waals surface area contributed by atoms with Crippen molar-refractivity contribution in [3.8, 4) is 5.75 Å². The van der Waals surface area contributed by atoms with Gasteiger partial charge in [-0.05, 0) is 25.0 Å². The number of methoxy groups -OCH3 is 1. The first-order valence-electron chi connectivity index (χ1n) is 6.51. The Morgan fingerprint density at radius 3 is 2.39 bits per heavy atom. The van der Waals surface area contributed by atoms with E-state index < -0.39 is 0 Å². The Kier molecular flexibility index (Phi) is 3.00. The standard InChI is InChI=1S/C16H22O2/c1-11-6-7-12(13(10-11)18-5)16(4)9-8-14(17)15(16,2)3/h6-7,10H,8-9H2,1-5H3. The van der Waals surface area contributed by atoms with Crippen LogP contribution in [0.3, 0.4) is 0 Å². The molecule has 1 unspecified atom stereocenters. The van der Waals surface area contributed by atoms with Crippen LogP contribution in [-0.4, -0.2) is 12.9 Å². The molecule has 0 amide bonds. The number of Topliss-reactive ketones (excluding diaryl/α,β-unsaturated/α-hetero) is 1. The number of hydrogen-bond donors (Lipinski definition) is 0. The summed E-state index contributed by atoms with van der Waals surface area (Å²) in [5.74, 6) is 1.26. The Hall–Kier alpha value is -1.31. The average molecular weight is 246 g/mol. The molecule has 18 heavy (non-hydrogen) atoms. The molecule has 1 aromatic rings. The van der Waals surface area contributed by atoms with Crippen LogP contribution in [-0.2, 0) is 10.2 Å². The van der Waals surface area contributed by atoms with E-state index in [1.165, 1.54) is 5.56 Å². The lowest BCUT2D eigenvalue weighted by molar-refractivity contribution is -0.125. The van der Waals surface area contributed by atoms with Crippen LogP contribution in [0.1, 0.15) is 44.7 Å². The zero-order valence-electron chi connectivity index (χ0n) is 12.0. The summed E-state index contributed by atoms with van der Waals surface area (Å²) in [5, 5.41) is 0. The molecule has 0 saturated heterocycles. The van der Waals surface area contributed by atoms with E-state index in [4.69, 9.17) is 4.74 Å². The first kappa shape index (κ1) is 13.1. The Labute approximate surface area is 109 Å². The predicted octanol–water partition coefficient (Wildman–Crippen LogP) is 3.65. The van der Waals surface area contributed by atoms with Crippen LogP contribution >= 0.6 is 0 Å². The third-order valence-corrected chi connectivity index (χ3v) is 4.88. The van der Waals surface area contributed by atoms with Crippen molar-refractivity contribution in [2.24, 2.45) is 5.41 Å². The van der Waals surface area contributed by atoms with E-state index in [9.17, 15) is 4.79 Å². The maximum Gasteiger partial charge on any atom is 0.139 e. The van der Waals surface area contributed by atoms with Crippen LogP contribution in [0.4, 0.5) is 0 Å². The van der Waals surface area contributed by atoms with Crippen LogP contribution in [0.15, 0.2) is 18.2 Å². The van der Waals surface area contributed by atoms with E-state index in [1.54, 1.807) is 7.11 Å². The summed E-state index contributed by atoms with van der Waals surface area (Å²) < 4.78 is 5.52. The van der Waals surface area contributed by atoms with Gasteiger partial charge in [-0.2, -0.15) is 0 Å². The fourth-order valence-electron chi connectivity index (χ4n) is 3.02. The zero-order valence-corrected chi connectivity index (χ0v) is 12.0. The largest absolute Gasteiger partial charge is 0.496 e. The second-order valence-corrected chi connectivity index (χ2v) is 6.08. The van der Waals surface area contributed by atoms with Gasteiger partial charge in [0.15, 0.2) is 0 Å². The minimum Gasteiger partial charge on any atom is -0.496 e. The molecule has 1 atom stereocenters. The van der Waals surface area contributed by atoms with Crippen molar-refractivity contribution in [3.63, 3.8) is 0 Å². The highest BCUT2D eigenvalue weighted by Gasteiger charge is 2.52. The summed E-state index contributed by atoms with van der Waals surface area (Å²) >= 11 is 0.